The Morgan fingerprint density at radius 3 is 2.61 bits per heavy atom. The minimum atomic E-state index is -0.300. The van der Waals surface area contributed by atoms with E-state index in [1.165, 1.54) is 0 Å². The van der Waals surface area contributed by atoms with Crippen molar-refractivity contribution in [1.29, 1.82) is 0 Å². The lowest BCUT2D eigenvalue weighted by Crippen LogP contribution is -2.32. The summed E-state index contributed by atoms with van der Waals surface area (Å²) in [5, 5.41) is 2.90. The molecule has 1 aliphatic rings. The average molecular weight is 309 g/mol. The van der Waals surface area contributed by atoms with Gasteiger partial charge in [-0.25, -0.2) is 0 Å². The molecule has 1 N–H and O–H groups in total. The van der Waals surface area contributed by atoms with Gasteiger partial charge in [-0.3, -0.25) is 14.6 Å². The van der Waals surface area contributed by atoms with Gasteiger partial charge in [-0.05, 0) is 36.8 Å². The Balaban J connectivity index is 1.60. The quantitative estimate of drug-likeness (QED) is 0.940. The number of carbonyl (C=O) groups is 2. The van der Waals surface area contributed by atoms with Crippen LogP contribution in [-0.2, 0) is 16.1 Å². The number of carbonyl (C=O) groups excluding carboxylic acids is 2. The van der Waals surface area contributed by atoms with Crippen LogP contribution in [0.5, 0.6) is 0 Å². The first kappa shape index (κ1) is 15.2. The molecule has 2 heterocycles. The number of nitrogens with one attached hydrogen (secondary N) is 1. The maximum absolute atomic E-state index is 12.3. The number of nitrogens with zero attached hydrogens (tertiary/aromatic N) is 2. The van der Waals surface area contributed by atoms with Crippen LogP contribution in [0, 0.1) is 12.8 Å². The molecule has 1 aromatic carbocycles. The van der Waals surface area contributed by atoms with Crippen LogP contribution >= 0.6 is 0 Å². The first-order valence-electron chi connectivity index (χ1n) is 7.67. The number of pyridine rings is 1. The van der Waals surface area contributed by atoms with E-state index in [-0.39, 0.29) is 24.2 Å². The molecule has 0 spiro atoms. The molecule has 2 aromatic rings. The highest BCUT2D eigenvalue weighted by atomic mass is 16.2. The molecular weight excluding hydrogens is 290 g/mol. The summed E-state index contributed by atoms with van der Waals surface area (Å²) in [6, 6.07) is 11.5. The highest BCUT2D eigenvalue weighted by Gasteiger charge is 2.34. The summed E-state index contributed by atoms with van der Waals surface area (Å²) in [4.78, 5) is 30.1. The highest BCUT2D eigenvalue weighted by molar-refractivity contribution is 6.00. The molecule has 1 saturated heterocycles. The standard InChI is InChI=1S/C18H19N3O2/c1-13-2-4-16(5-3-13)21-12-15(10-17(21)22)18(23)20-11-14-6-8-19-9-7-14/h2-9,15H,10-12H2,1H3,(H,20,23). The van der Waals surface area contributed by atoms with Crippen LogP contribution in [0.25, 0.3) is 0 Å². The molecule has 23 heavy (non-hydrogen) atoms. The van der Waals surface area contributed by atoms with Gasteiger partial charge in [0.1, 0.15) is 0 Å². The van der Waals surface area contributed by atoms with Crippen molar-refractivity contribution in [2.45, 2.75) is 19.9 Å². The Bertz CT molecular complexity index is 698. The summed E-state index contributed by atoms with van der Waals surface area (Å²) >= 11 is 0. The molecular formula is C18H19N3O2. The van der Waals surface area contributed by atoms with E-state index in [4.69, 9.17) is 0 Å². The molecule has 1 unspecified atom stereocenters. The summed E-state index contributed by atoms with van der Waals surface area (Å²) in [6.45, 7) is 2.89. The number of aryl methyl sites for hydroxylation is 1. The average Bonchev–Trinajstić information content (AvgIpc) is 2.96. The Hall–Kier alpha value is -2.69. The van der Waals surface area contributed by atoms with E-state index in [1.807, 2.05) is 43.3 Å². The zero-order valence-electron chi connectivity index (χ0n) is 13.0. The van der Waals surface area contributed by atoms with Crippen molar-refractivity contribution in [2.75, 3.05) is 11.4 Å². The summed E-state index contributed by atoms with van der Waals surface area (Å²) < 4.78 is 0. The summed E-state index contributed by atoms with van der Waals surface area (Å²) in [5.74, 6) is -0.381. The van der Waals surface area contributed by atoms with Crippen LogP contribution in [0.3, 0.4) is 0 Å². The van der Waals surface area contributed by atoms with E-state index in [0.717, 1.165) is 16.8 Å². The van der Waals surface area contributed by atoms with Crippen LogP contribution in [0.15, 0.2) is 48.8 Å². The number of amides is 2. The number of benzene rings is 1. The monoisotopic (exact) mass is 309 g/mol. The predicted octanol–water partition coefficient (Wildman–Crippen LogP) is 2.06. The van der Waals surface area contributed by atoms with Crippen molar-refractivity contribution in [1.82, 2.24) is 10.3 Å². The molecule has 1 aliphatic heterocycles. The van der Waals surface area contributed by atoms with E-state index < -0.39 is 0 Å². The van der Waals surface area contributed by atoms with Crippen LogP contribution in [0.1, 0.15) is 17.5 Å². The van der Waals surface area contributed by atoms with Gasteiger partial charge < -0.3 is 10.2 Å². The van der Waals surface area contributed by atoms with Crippen LogP contribution in [0.2, 0.25) is 0 Å². The maximum atomic E-state index is 12.3. The second-order valence-corrected chi connectivity index (χ2v) is 5.81. The molecule has 3 rings (SSSR count). The van der Waals surface area contributed by atoms with Crippen molar-refractivity contribution in [3.63, 3.8) is 0 Å². The van der Waals surface area contributed by atoms with Crippen molar-refractivity contribution in [3.05, 3.63) is 59.9 Å². The lowest BCUT2D eigenvalue weighted by atomic mass is 10.1. The fraction of sp³-hybridized carbons (Fsp3) is 0.278. The normalized spacial score (nSPS) is 17.3. The smallest absolute Gasteiger partial charge is 0.227 e. The zero-order valence-corrected chi connectivity index (χ0v) is 13.0. The third kappa shape index (κ3) is 3.56. The maximum Gasteiger partial charge on any atom is 0.227 e. The largest absolute Gasteiger partial charge is 0.352 e. The summed E-state index contributed by atoms with van der Waals surface area (Å²) in [6.07, 6.45) is 3.65. The lowest BCUT2D eigenvalue weighted by Gasteiger charge is -2.17. The highest BCUT2D eigenvalue weighted by Crippen LogP contribution is 2.25. The minimum absolute atomic E-state index is 0.00193. The van der Waals surface area contributed by atoms with Crippen molar-refractivity contribution < 1.29 is 9.59 Å². The molecule has 1 fully saturated rings. The number of aromatic nitrogens is 1. The molecule has 1 atom stereocenters. The predicted molar refractivity (Wildman–Crippen MR) is 87.7 cm³/mol. The zero-order chi connectivity index (χ0) is 16.2. The van der Waals surface area contributed by atoms with E-state index >= 15 is 0 Å². The fourth-order valence-electron chi connectivity index (χ4n) is 2.69. The minimum Gasteiger partial charge on any atom is -0.352 e. The van der Waals surface area contributed by atoms with E-state index in [1.54, 1.807) is 17.3 Å². The molecule has 5 nitrogen and oxygen atoms in total. The number of anilines is 1. The molecule has 5 heteroatoms. The molecule has 1 aromatic heterocycles. The van der Waals surface area contributed by atoms with Gasteiger partial charge in [0.15, 0.2) is 0 Å². The van der Waals surface area contributed by atoms with E-state index in [2.05, 4.69) is 10.3 Å². The Morgan fingerprint density at radius 2 is 1.91 bits per heavy atom. The van der Waals surface area contributed by atoms with E-state index in [0.29, 0.717) is 13.1 Å². The van der Waals surface area contributed by atoms with Gasteiger partial charge in [0, 0.05) is 37.6 Å². The van der Waals surface area contributed by atoms with Gasteiger partial charge in [0.05, 0.1) is 5.92 Å². The first-order valence-corrected chi connectivity index (χ1v) is 7.67. The molecule has 0 aliphatic carbocycles. The van der Waals surface area contributed by atoms with Crippen LogP contribution in [0.4, 0.5) is 5.69 Å². The fourth-order valence-corrected chi connectivity index (χ4v) is 2.69. The molecule has 118 valence electrons. The molecule has 0 bridgehead atoms. The van der Waals surface area contributed by atoms with Gasteiger partial charge in [-0.1, -0.05) is 17.7 Å². The lowest BCUT2D eigenvalue weighted by molar-refractivity contribution is -0.126. The molecule has 0 saturated carbocycles. The van der Waals surface area contributed by atoms with Gasteiger partial charge in [0.2, 0.25) is 11.8 Å². The summed E-state index contributed by atoms with van der Waals surface area (Å²) in [5.41, 5.74) is 2.99. The van der Waals surface area contributed by atoms with Gasteiger partial charge in [-0.2, -0.15) is 0 Å². The van der Waals surface area contributed by atoms with Crippen LogP contribution in [-0.4, -0.2) is 23.3 Å². The van der Waals surface area contributed by atoms with Gasteiger partial charge >= 0.3 is 0 Å². The Kier molecular flexibility index (Phi) is 4.37. The van der Waals surface area contributed by atoms with Gasteiger partial charge in [-0.15, -0.1) is 0 Å². The molecule has 0 radical (unpaired) electrons. The topological polar surface area (TPSA) is 62.3 Å². The number of hydrogen-bond acceptors (Lipinski definition) is 3. The first-order chi connectivity index (χ1) is 11.1. The molecule has 2 amide bonds. The SMILES string of the molecule is Cc1ccc(N2CC(C(=O)NCc3ccncc3)CC2=O)cc1. The second-order valence-electron chi connectivity index (χ2n) is 5.81. The number of rotatable bonds is 4. The summed E-state index contributed by atoms with van der Waals surface area (Å²) in [7, 11) is 0. The Labute approximate surface area is 135 Å². The van der Waals surface area contributed by atoms with Gasteiger partial charge in [0.25, 0.3) is 0 Å². The van der Waals surface area contributed by atoms with E-state index in [9.17, 15) is 9.59 Å². The Morgan fingerprint density at radius 1 is 1.22 bits per heavy atom. The van der Waals surface area contributed by atoms with Crippen molar-refractivity contribution in [2.24, 2.45) is 5.92 Å². The second kappa shape index (κ2) is 6.60. The third-order valence-electron chi connectivity index (χ3n) is 4.06. The number of hydrogen-bond donors (Lipinski definition) is 1. The van der Waals surface area contributed by atoms with Crippen molar-refractivity contribution in [3.8, 4) is 0 Å². The van der Waals surface area contributed by atoms with Crippen LogP contribution < -0.4 is 10.2 Å². The van der Waals surface area contributed by atoms with Crippen molar-refractivity contribution >= 4 is 17.5 Å². The third-order valence-corrected chi connectivity index (χ3v) is 4.06.